The molecular weight excluding hydrogens is 324 g/mol. The van der Waals surface area contributed by atoms with Crippen LogP contribution in [0.25, 0.3) is 0 Å². The Balaban J connectivity index is 1.62. The Labute approximate surface area is 157 Å². The number of carbonyl (C=O) groups excluding carboxylic acids is 1. The molecule has 1 aromatic carbocycles. The van der Waals surface area contributed by atoms with Gasteiger partial charge in [0.25, 0.3) is 0 Å². The number of aliphatic imine (C=N–C) groups is 1. The van der Waals surface area contributed by atoms with Crippen LogP contribution in [0.4, 0.5) is 0 Å². The summed E-state index contributed by atoms with van der Waals surface area (Å²) >= 11 is 0. The Kier molecular flexibility index (Phi) is 5.84. The molecule has 2 N–H and O–H groups in total. The molecule has 1 fully saturated rings. The molecule has 5 nitrogen and oxygen atoms in total. The summed E-state index contributed by atoms with van der Waals surface area (Å²) in [5.74, 6) is 1.61. The van der Waals surface area contributed by atoms with Crippen molar-refractivity contribution >= 4 is 11.9 Å². The van der Waals surface area contributed by atoms with Crippen LogP contribution in [-0.4, -0.2) is 50.5 Å². The summed E-state index contributed by atoms with van der Waals surface area (Å²) in [5.41, 5.74) is 2.60. The quantitative estimate of drug-likeness (QED) is 0.608. The number of guanidine groups is 1. The van der Waals surface area contributed by atoms with Gasteiger partial charge in [0.05, 0.1) is 12.0 Å². The maximum atomic E-state index is 12.7. The van der Waals surface area contributed by atoms with Crippen LogP contribution in [0.2, 0.25) is 0 Å². The van der Waals surface area contributed by atoms with Crippen molar-refractivity contribution in [3.8, 4) is 0 Å². The molecule has 1 unspecified atom stereocenters. The van der Waals surface area contributed by atoms with Gasteiger partial charge in [-0.1, -0.05) is 37.1 Å². The van der Waals surface area contributed by atoms with Crippen LogP contribution < -0.4 is 10.6 Å². The third-order valence-electron chi connectivity index (χ3n) is 5.78. The van der Waals surface area contributed by atoms with Crippen molar-refractivity contribution < 1.29 is 4.79 Å². The molecule has 0 aromatic heterocycles. The van der Waals surface area contributed by atoms with Crippen molar-refractivity contribution in [3.05, 3.63) is 35.4 Å². The average molecular weight is 357 g/mol. The van der Waals surface area contributed by atoms with Gasteiger partial charge >= 0.3 is 0 Å². The van der Waals surface area contributed by atoms with Crippen molar-refractivity contribution in [2.24, 2.45) is 10.4 Å². The fraction of sp³-hybridized carbons (Fsp3) is 0.619. The van der Waals surface area contributed by atoms with Crippen LogP contribution in [0.3, 0.4) is 0 Å². The second-order valence-electron chi connectivity index (χ2n) is 7.86. The van der Waals surface area contributed by atoms with E-state index in [-0.39, 0.29) is 11.3 Å². The molecule has 5 heteroatoms. The molecule has 2 aliphatic rings. The molecule has 0 aliphatic heterocycles. The first-order chi connectivity index (χ1) is 12.6. The Bertz CT molecular complexity index is 662. The maximum Gasteiger partial charge on any atom is 0.230 e. The van der Waals surface area contributed by atoms with Gasteiger partial charge < -0.3 is 15.5 Å². The molecule has 26 heavy (non-hydrogen) atoms. The molecule has 142 valence electrons. The summed E-state index contributed by atoms with van der Waals surface area (Å²) in [7, 11) is 3.70. The predicted octanol–water partition coefficient (Wildman–Crippen LogP) is 2.53. The van der Waals surface area contributed by atoms with Crippen molar-refractivity contribution in [3.63, 3.8) is 0 Å². The lowest BCUT2D eigenvalue weighted by Gasteiger charge is -2.31. The highest BCUT2D eigenvalue weighted by atomic mass is 16.2. The van der Waals surface area contributed by atoms with Crippen molar-refractivity contribution in [2.75, 3.05) is 33.7 Å². The van der Waals surface area contributed by atoms with Gasteiger partial charge in [-0.25, -0.2) is 0 Å². The van der Waals surface area contributed by atoms with E-state index in [9.17, 15) is 4.79 Å². The van der Waals surface area contributed by atoms with E-state index in [0.717, 1.165) is 51.2 Å². The second-order valence-corrected chi connectivity index (χ2v) is 7.86. The second kappa shape index (κ2) is 8.11. The van der Waals surface area contributed by atoms with Gasteiger partial charge in [0.15, 0.2) is 5.96 Å². The number of rotatable bonds is 6. The zero-order valence-electron chi connectivity index (χ0n) is 16.3. The lowest BCUT2D eigenvalue weighted by atomic mass is 9.78. The van der Waals surface area contributed by atoms with Crippen LogP contribution in [0.5, 0.6) is 0 Å². The topological polar surface area (TPSA) is 56.7 Å². The smallest absolute Gasteiger partial charge is 0.230 e. The number of hydrogen-bond acceptors (Lipinski definition) is 2. The minimum absolute atomic E-state index is 0.225. The van der Waals surface area contributed by atoms with Crippen LogP contribution in [0.15, 0.2) is 29.3 Å². The molecular formula is C21H32N4O. The zero-order valence-corrected chi connectivity index (χ0v) is 16.3. The van der Waals surface area contributed by atoms with E-state index < -0.39 is 0 Å². The predicted molar refractivity (Wildman–Crippen MR) is 106 cm³/mol. The van der Waals surface area contributed by atoms with Gasteiger partial charge in [-0.2, -0.15) is 0 Å². The van der Waals surface area contributed by atoms with Gasteiger partial charge in [-0.15, -0.1) is 0 Å². The third kappa shape index (κ3) is 3.87. The van der Waals surface area contributed by atoms with Crippen LogP contribution in [-0.2, 0) is 11.2 Å². The number of nitrogens with one attached hydrogen (secondary N) is 2. The van der Waals surface area contributed by atoms with Crippen molar-refractivity contribution in [2.45, 2.75) is 44.9 Å². The number of carbonyl (C=O) groups is 1. The Hall–Kier alpha value is -2.04. The van der Waals surface area contributed by atoms with Gasteiger partial charge in [0.2, 0.25) is 5.91 Å². The Morgan fingerprint density at radius 1 is 1.23 bits per heavy atom. The van der Waals surface area contributed by atoms with Crippen molar-refractivity contribution in [1.82, 2.24) is 15.5 Å². The fourth-order valence-electron chi connectivity index (χ4n) is 4.30. The number of hydrogen-bond donors (Lipinski definition) is 2. The molecule has 0 saturated heterocycles. The minimum Gasteiger partial charge on any atom is -0.357 e. The van der Waals surface area contributed by atoms with E-state index in [1.165, 1.54) is 11.1 Å². The summed E-state index contributed by atoms with van der Waals surface area (Å²) in [6.45, 7) is 4.35. The molecule has 0 radical (unpaired) electrons. The Morgan fingerprint density at radius 3 is 2.62 bits per heavy atom. The Morgan fingerprint density at radius 2 is 1.96 bits per heavy atom. The number of amides is 1. The number of nitrogens with zero attached hydrogens (tertiary/aromatic N) is 2. The summed E-state index contributed by atoms with van der Waals surface area (Å²) in [4.78, 5) is 19.2. The van der Waals surface area contributed by atoms with E-state index in [2.05, 4.69) is 41.8 Å². The van der Waals surface area contributed by atoms with Gasteiger partial charge in [-0.3, -0.25) is 9.79 Å². The zero-order chi connectivity index (χ0) is 18.6. The molecule has 0 heterocycles. The SMILES string of the molecule is CCNC(=NCC1(C(=O)N(C)C)CCCC1)NCC1Cc2ccccc21. The standard InChI is InChI=1S/C21H32N4O/c1-4-22-20(23-14-17-13-16-9-5-6-10-18(16)17)24-15-21(11-7-8-12-21)19(26)25(2)3/h5-6,9-10,17H,4,7-8,11-15H2,1-3H3,(H2,22,23,24). The monoisotopic (exact) mass is 356 g/mol. The van der Waals surface area contributed by atoms with E-state index in [4.69, 9.17) is 4.99 Å². The van der Waals surface area contributed by atoms with Crippen molar-refractivity contribution in [1.29, 1.82) is 0 Å². The minimum atomic E-state index is -0.311. The first-order valence-electron chi connectivity index (χ1n) is 9.87. The molecule has 0 spiro atoms. The maximum absolute atomic E-state index is 12.7. The fourth-order valence-corrected chi connectivity index (χ4v) is 4.30. The number of fused-ring (bicyclic) bond motifs is 1. The van der Waals surface area contributed by atoms with Gasteiger partial charge in [-0.05, 0) is 37.3 Å². The van der Waals surface area contributed by atoms with Gasteiger partial charge in [0.1, 0.15) is 0 Å². The van der Waals surface area contributed by atoms with Crippen LogP contribution in [0.1, 0.15) is 49.7 Å². The van der Waals surface area contributed by atoms with E-state index in [1.54, 1.807) is 4.90 Å². The van der Waals surface area contributed by atoms with Gasteiger partial charge in [0, 0.05) is 33.1 Å². The van der Waals surface area contributed by atoms with Crippen LogP contribution >= 0.6 is 0 Å². The first-order valence-corrected chi connectivity index (χ1v) is 9.87. The highest BCUT2D eigenvalue weighted by molar-refractivity contribution is 5.84. The van der Waals surface area contributed by atoms with E-state index in [0.29, 0.717) is 12.5 Å². The lowest BCUT2D eigenvalue weighted by molar-refractivity contribution is -0.138. The number of benzene rings is 1. The molecule has 1 aromatic rings. The largest absolute Gasteiger partial charge is 0.357 e. The average Bonchev–Trinajstić information content (AvgIpc) is 3.09. The van der Waals surface area contributed by atoms with E-state index >= 15 is 0 Å². The summed E-state index contributed by atoms with van der Waals surface area (Å²) < 4.78 is 0. The molecule has 1 atom stereocenters. The summed E-state index contributed by atoms with van der Waals surface area (Å²) in [6.07, 6.45) is 5.27. The molecule has 1 saturated carbocycles. The molecule has 0 bridgehead atoms. The summed E-state index contributed by atoms with van der Waals surface area (Å²) in [6, 6.07) is 8.65. The molecule has 1 amide bonds. The summed E-state index contributed by atoms with van der Waals surface area (Å²) in [5, 5.41) is 6.82. The highest BCUT2D eigenvalue weighted by Gasteiger charge is 2.42. The molecule has 3 rings (SSSR count). The lowest BCUT2D eigenvalue weighted by Crippen LogP contribution is -2.44. The van der Waals surface area contributed by atoms with Crippen LogP contribution in [0, 0.1) is 5.41 Å². The van der Waals surface area contributed by atoms with E-state index in [1.807, 2.05) is 14.1 Å². The first kappa shape index (κ1) is 18.7. The molecule has 2 aliphatic carbocycles. The highest BCUT2D eigenvalue weighted by Crippen LogP contribution is 2.39. The normalized spacial score (nSPS) is 20.9. The third-order valence-corrected chi connectivity index (χ3v) is 5.78.